The largest absolute Gasteiger partial charge is 0.352 e. The summed E-state index contributed by atoms with van der Waals surface area (Å²) in [6.45, 7) is 3.12. The van der Waals surface area contributed by atoms with Crippen LogP contribution in [-0.4, -0.2) is 22.3 Å². The Hall–Kier alpha value is -1.38. The van der Waals surface area contributed by atoms with Gasteiger partial charge < -0.3 is 4.90 Å². The Bertz CT molecular complexity index is 334. The van der Waals surface area contributed by atoms with Crippen LogP contribution >= 0.6 is 0 Å². The van der Waals surface area contributed by atoms with E-state index in [1.807, 2.05) is 24.4 Å². The van der Waals surface area contributed by atoms with Crippen LogP contribution in [0.15, 0.2) is 24.4 Å². The molecule has 1 saturated heterocycles. The summed E-state index contributed by atoms with van der Waals surface area (Å²) >= 11 is 0. The molecule has 0 aliphatic carbocycles. The molecular weight excluding hydrogens is 186 g/mol. The zero-order valence-corrected chi connectivity index (χ0v) is 9.11. The standard InChI is InChI=1S/C12H17N3/c1-10(11-6-2-4-8-14-11)15-9-5-3-7-12(15)13/h2,4,6,8,10,13H,3,5,7,9H2,1H3. The van der Waals surface area contributed by atoms with Gasteiger partial charge in [-0.05, 0) is 31.9 Å². The fraction of sp³-hybridized carbons (Fsp3) is 0.500. The highest BCUT2D eigenvalue weighted by Gasteiger charge is 2.21. The molecule has 1 unspecified atom stereocenters. The van der Waals surface area contributed by atoms with Gasteiger partial charge in [0.2, 0.25) is 0 Å². The first-order valence-corrected chi connectivity index (χ1v) is 5.54. The topological polar surface area (TPSA) is 40.0 Å². The highest BCUT2D eigenvalue weighted by molar-refractivity contribution is 5.80. The van der Waals surface area contributed by atoms with Gasteiger partial charge >= 0.3 is 0 Å². The minimum absolute atomic E-state index is 0.235. The molecule has 3 nitrogen and oxygen atoms in total. The lowest BCUT2D eigenvalue weighted by Gasteiger charge is -2.34. The lowest BCUT2D eigenvalue weighted by molar-refractivity contribution is 0.295. The number of hydrogen-bond acceptors (Lipinski definition) is 2. The monoisotopic (exact) mass is 203 g/mol. The second kappa shape index (κ2) is 4.43. The number of hydrogen-bond donors (Lipinski definition) is 1. The fourth-order valence-corrected chi connectivity index (χ4v) is 2.06. The average molecular weight is 203 g/mol. The summed E-state index contributed by atoms with van der Waals surface area (Å²) in [6.07, 6.45) is 5.08. The molecule has 0 aromatic carbocycles. The van der Waals surface area contributed by atoms with E-state index < -0.39 is 0 Å². The highest BCUT2D eigenvalue weighted by Crippen LogP contribution is 2.23. The lowest BCUT2D eigenvalue weighted by Crippen LogP contribution is -2.37. The number of piperidine rings is 1. The molecule has 0 bridgehead atoms. The van der Waals surface area contributed by atoms with Gasteiger partial charge in [-0.3, -0.25) is 10.4 Å². The Labute approximate surface area is 90.6 Å². The number of likely N-dealkylation sites (tertiary alicyclic amines) is 1. The van der Waals surface area contributed by atoms with Crippen LogP contribution in [0.25, 0.3) is 0 Å². The predicted octanol–water partition coefficient (Wildman–Crippen LogP) is 2.61. The molecule has 0 radical (unpaired) electrons. The van der Waals surface area contributed by atoms with E-state index in [9.17, 15) is 0 Å². The number of nitrogens with zero attached hydrogens (tertiary/aromatic N) is 2. The van der Waals surface area contributed by atoms with Crippen molar-refractivity contribution in [2.24, 2.45) is 0 Å². The van der Waals surface area contributed by atoms with Gasteiger partial charge in [0, 0.05) is 19.2 Å². The van der Waals surface area contributed by atoms with Gasteiger partial charge in [-0.25, -0.2) is 0 Å². The van der Waals surface area contributed by atoms with Crippen molar-refractivity contribution in [1.82, 2.24) is 9.88 Å². The van der Waals surface area contributed by atoms with Crippen LogP contribution in [0.1, 0.15) is 37.9 Å². The molecule has 1 fully saturated rings. The molecule has 0 saturated carbocycles. The number of pyridine rings is 1. The Morgan fingerprint density at radius 1 is 1.40 bits per heavy atom. The highest BCUT2D eigenvalue weighted by atomic mass is 15.2. The van der Waals surface area contributed by atoms with E-state index in [1.165, 1.54) is 6.42 Å². The molecule has 1 aromatic heterocycles. The molecule has 2 heterocycles. The van der Waals surface area contributed by atoms with Crippen molar-refractivity contribution >= 4 is 5.84 Å². The maximum absolute atomic E-state index is 7.92. The van der Waals surface area contributed by atoms with Crippen LogP contribution in [0.3, 0.4) is 0 Å². The molecule has 1 aromatic rings. The Kier molecular flexibility index (Phi) is 2.99. The third kappa shape index (κ3) is 2.17. The minimum atomic E-state index is 0.235. The van der Waals surface area contributed by atoms with E-state index >= 15 is 0 Å². The van der Waals surface area contributed by atoms with E-state index in [0.29, 0.717) is 0 Å². The van der Waals surface area contributed by atoms with E-state index in [-0.39, 0.29) is 6.04 Å². The van der Waals surface area contributed by atoms with Crippen LogP contribution < -0.4 is 0 Å². The summed E-state index contributed by atoms with van der Waals surface area (Å²) in [4.78, 5) is 6.51. The zero-order valence-electron chi connectivity index (χ0n) is 9.11. The maximum atomic E-state index is 7.92. The van der Waals surface area contributed by atoms with E-state index in [0.717, 1.165) is 30.9 Å². The van der Waals surface area contributed by atoms with Crippen LogP contribution in [-0.2, 0) is 0 Å². The Morgan fingerprint density at radius 2 is 2.27 bits per heavy atom. The second-order valence-electron chi connectivity index (χ2n) is 4.03. The normalized spacial score (nSPS) is 19.0. The predicted molar refractivity (Wildman–Crippen MR) is 60.9 cm³/mol. The first-order valence-electron chi connectivity index (χ1n) is 5.54. The lowest BCUT2D eigenvalue weighted by atomic mass is 10.1. The zero-order chi connectivity index (χ0) is 10.7. The summed E-state index contributed by atoms with van der Waals surface area (Å²) in [5.74, 6) is 0.763. The summed E-state index contributed by atoms with van der Waals surface area (Å²) < 4.78 is 0. The van der Waals surface area contributed by atoms with E-state index in [4.69, 9.17) is 5.41 Å². The van der Waals surface area contributed by atoms with Crippen molar-refractivity contribution in [3.8, 4) is 0 Å². The molecule has 1 N–H and O–H groups in total. The van der Waals surface area contributed by atoms with Crippen LogP contribution in [0.4, 0.5) is 0 Å². The van der Waals surface area contributed by atoms with Crippen molar-refractivity contribution in [2.75, 3.05) is 6.54 Å². The first kappa shape index (κ1) is 10.1. The van der Waals surface area contributed by atoms with Crippen LogP contribution in [0.5, 0.6) is 0 Å². The van der Waals surface area contributed by atoms with Gasteiger partial charge in [-0.1, -0.05) is 6.07 Å². The molecule has 3 heteroatoms. The molecule has 2 rings (SSSR count). The number of aromatic nitrogens is 1. The van der Waals surface area contributed by atoms with Gasteiger partial charge in [-0.15, -0.1) is 0 Å². The summed E-state index contributed by atoms with van der Waals surface area (Å²) in [5, 5.41) is 7.92. The van der Waals surface area contributed by atoms with Gasteiger partial charge in [0.1, 0.15) is 0 Å². The molecule has 1 atom stereocenters. The molecule has 80 valence electrons. The van der Waals surface area contributed by atoms with E-state index in [1.54, 1.807) is 0 Å². The van der Waals surface area contributed by atoms with Gasteiger partial charge in [0.05, 0.1) is 17.6 Å². The molecule has 0 amide bonds. The smallest absolute Gasteiger partial charge is 0.0963 e. The summed E-state index contributed by atoms with van der Waals surface area (Å²) in [5.41, 5.74) is 1.06. The SMILES string of the molecule is CC(c1ccccn1)N1CCCCC1=N. The van der Waals surface area contributed by atoms with Gasteiger partial charge in [0.15, 0.2) is 0 Å². The third-order valence-electron chi connectivity index (χ3n) is 2.99. The van der Waals surface area contributed by atoms with Crippen molar-refractivity contribution in [3.05, 3.63) is 30.1 Å². The number of nitrogens with one attached hydrogen (secondary N) is 1. The average Bonchev–Trinajstić information content (AvgIpc) is 2.30. The number of amidine groups is 1. The van der Waals surface area contributed by atoms with Crippen molar-refractivity contribution in [1.29, 1.82) is 5.41 Å². The van der Waals surface area contributed by atoms with Gasteiger partial charge in [0.25, 0.3) is 0 Å². The molecule has 0 spiro atoms. The minimum Gasteiger partial charge on any atom is -0.352 e. The van der Waals surface area contributed by atoms with E-state index in [2.05, 4.69) is 16.8 Å². The fourth-order valence-electron chi connectivity index (χ4n) is 2.06. The van der Waals surface area contributed by atoms with Crippen molar-refractivity contribution < 1.29 is 0 Å². The van der Waals surface area contributed by atoms with Crippen molar-refractivity contribution in [2.45, 2.75) is 32.2 Å². The van der Waals surface area contributed by atoms with Crippen LogP contribution in [0, 0.1) is 5.41 Å². The first-order chi connectivity index (χ1) is 7.29. The second-order valence-corrected chi connectivity index (χ2v) is 4.03. The summed E-state index contributed by atoms with van der Waals surface area (Å²) in [6, 6.07) is 6.20. The third-order valence-corrected chi connectivity index (χ3v) is 2.99. The number of rotatable bonds is 2. The molecule has 15 heavy (non-hydrogen) atoms. The molecule has 1 aliphatic heterocycles. The Balaban J connectivity index is 2.13. The molecular formula is C12H17N3. The Morgan fingerprint density at radius 3 is 2.93 bits per heavy atom. The molecule has 1 aliphatic rings. The maximum Gasteiger partial charge on any atom is 0.0963 e. The van der Waals surface area contributed by atoms with Crippen molar-refractivity contribution in [3.63, 3.8) is 0 Å². The van der Waals surface area contributed by atoms with Gasteiger partial charge in [-0.2, -0.15) is 0 Å². The van der Waals surface area contributed by atoms with Crippen LogP contribution in [0.2, 0.25) is 0 Å². The summed E-state index contributed by atoms with van der Waals surface area (Å²) in [7, 11) is 0. The quantitative estimate of drug-likeness (QED) is 0.802.